The summed E-state index contributed by atoms with van der Waals surface area (Å²) in [7, 11) is 0.0202. The number of hydrazine groups is 1. The van der Waals surface area contributed by atoms with E-state index in [0.29, 0.717) is 0 Å². The van der Waals surface area contributed by atoms with Crippen LogP contribution in [0.15, 0.2) is 30.3 Å². The first-order valence-corrected chi connectivity index (χ1v) is 4.81. The van der Waals surface area contributed by atoms with E-state index in [1.165, 1.54) is 5.56 Å². The van der Waals surface area contributed by atoms with Crippen LogP contribution in [-0.4, -0.2) is 14.5 Å². The standard InChI is InChI=1S/C7H10N2Si/c1-2-4-7(5-3-1)6-9-8-10-9/h1-5,8H,6,10H2. The summed E-state index contributed by atoms with van der Waals surface area (Å²) in [6, 6.07) is 10.5. The summed E-state index contributed by atoms with van der Waals surface area (Å²) in [5, 5.41) is 3.26. The van der Waals surface area contributed by atoms with Crippen molar-refractivity contribution in [2.45, 2.75) is 6.54 Å². The molecule has 2 nitrogen and oxygen atoms in total. The molecule has 3 heteroatoms. The highest BCUT2D eigenvalue weighted by molar-refractivity contribution is 6.37. The normalized spacial score (nSPS) is 25.0. The highest BCUT2D eigenvalue weighted by Gasteiger charge is 2.16. The first-order chi connectivity index (χ1) is 4.95. The van der Waals surface area contributed by atoms with E-state index in [4.69, 9.17) is 0 Å². The number of nitrogens with one attached hydrogen (secondary N) is 1. The molecular weight excluding hydrogens is 140 g/mol. The largest absolute Gasteiger partial charge is 0.271 e. The number of nitrogens with zero attached hydrogens (tertiary/aromatic N) is 1. The van der Waals surface area contributed by atoms with E-state index in [-0.39, 0.29) is 9.84 Å². The molecule has 0 bridgehead atoms. The second-order valence-corrected chi connectivity index (χ2v) is 3.90. The van der Waals surface area contributed by atoms with Crippen LogP contribution in [0, 0.1) is 0 Å². The van der Waals surface area contributed by atoms with Gasteiger partial charge in [0.2, 0.25) is 0 Å². The first kappa shape index (κ1) is 6.09. The molecule has 0 saturated carbocycles. The zero-order valence-electron chi connectivity index (χ0n) is 5.75. The van der Waals surface area contributed by atoms with Gasteiger partial charge < -0.3 is 0 Å². The second-order valence-electron chi connectivity index (χ2n) is 2.50. The second kappa shape index (κ2) is 2.54. The summed E-state index contributed by atoms with van der Waals surface area (Å²) in [6.07, 6.45) is 0. The summed E-state index contributed by atoms with van der Waals surface area (Å²) in [4.78, 5) is 0. The summed E-state index contributed by atoms with van der Waals surface area (Å²) >= 11 is 0. The molecule has 10 heavy (non-hydrogen) atoms. The summed E-state index contributed by atoms with van der Waals surface area (Å²) < 4.78 is 2.30. The van der Waals surface area contributed by atoms with Gasteiger partial charge in [0, 0.05) is 6.54 Å². The Kier molecular flexibility index (Phi) is 1.54. The fourth-order valence-corrected chi connectivity index (χ4v) is 1.55. The van der Waals surface area contributed by atoms with Gasteiger partial charge in [-0.25, -0.2) is 0 Å². The molecule has 1 fully saturated rings. The molecule has 0 spiro atoms. The lowest BCUT2D eigenvalue weighted by Gasteiger charge is -1.97. The van der Waals surface area contributed by atoms with E-state index in [1.54, 1.807) is 0 Å². The summed E-state index contributed by atoms with van der Waals surface area (Å²) in [5.74, 6) is 0. The summed E-state index contributed by atoms with van der Waals surface area (Å²) in [5.41, 5.74) is 1.40. The van der Waals surface area contributed by atoms with Gasteiger partial charge >= 0.3 is 0 Å². The Bertz CT molecular complexity index is 208. The van der Waals surface area contributed by atoms with E-state index in [1.807, 2.05) is 0 Å². The maximum absolute atomic E-state index is 3.26. The van der Waals surface area contributed by atoms with Crippen LogP contribution in [0.5, 0.6) is 0 Å². The Morgan fingerprint density at radius 3 is 2.60 bits per heavy atom. The molecule has 1 unspecified atom stereocenters. The van der Waals surface area contributed by atoms with E-state index >= 15 is 0 Å². The van der Waals surface area contributed by atoms with Gasteiger partial charge in [0.25, 0.3) is 0 Å². The van der Waals surface area contributed by atoms with Gasteiger partial charge in [-0.05, 0) is 5.56 Å². The molecule has 1 aliphatic rings. The zero-order valence-corrected chi connectivity index (χ0v) is 7.16. The van der Waals surface area contributed by atoms with Crippen LogP contribution in [0.4, 0.5) is 0 Å². The first-order valence-electron chi connectivity index (χ1n) is 3.47. The lowest BCUT2D eigenvalue weighted by Crippen LogP contribution is -1.99. The maximum atomic E-state index is 3.26. The number of hydrogen-bond donors (Lipinski definition) is 1. The number of hydrogen-bond acceptors (Lipinski definition) is 2. The van der Waals surface area contributed by atoms with E-state index in [9.17, 15) is 0 Å². The van der Waals surface area contributed by atoms with E-state index in [0.717, 1.165) is 6.54 Å². The molecule has 0 aromatic heterocycles. The van der Waals surface area contributed by atoms with Gasteiger partial charge in [-0.3, -0.25) is 9.77 Å². The van der Waals surface area contributed by atoms with Crippen molar-refractivity contribution in [2.75, 3.05) is 0 Å². The molecule has 0 radical (unpaired) electrons. The Hall–Kier alpha value is -0.643. The van der Waals surface area contributed by atoms with E-state index < -0.39 is 0 Å². The molecule has 0 aliphatic carbocycles. The lowest BCUT2D eigenvalue weighted by molar-refractivity contribution is 0.543. The van der Waals surface area contributed by atoms with E-state index in [2.05, 4.69) is 40.1 Å². The van der Waals surface area contributed by atoms with Crippen molar-refractivity contribution in [1.82, 2.24) is 9.77 Å². The van der Waals surface area contributed by atoms with Crippen molar-refractivity contribution in [2.24, 2.45) is 0 Å². The van der Waals surface area contributed by atoms with Crippen molar-refractivity contribution < 1.29 is 0 Å². The average molecular weight is 150 g/mol. The SMILES string of the molecule is c1ccc(CN2N[SiH2]2)cc1. The van der Waals surface area contributed by atoms with Crippen molar-refractivity contribution in [3.05, 3.63) is 35.9 Å². The molecule has 1 heterocycles. The van der Waals surface area contributed by atoms with Crippen LogP contribution in [0.2, 0.25) is 0 Å². The predicted molar refractivity (Wildman–Crippen MR) is 43.7 cm³/mol. The molecule has 52 valence electrons. The number of benzene rings is 1. The number of rotatable bonds is 2. The molecule has 1 saturated heterocycles. The van der Waals surface area contributed by atoms with Gasteiger partial charge in [-0.1, -0.05) is 30.3 Å². The van der Waals surface area contributed by atoms with Crippen LogP contribution in [0.1, 0.15) is 5.56 Å². The minimum absolute atomic E-state index is 0.0202. The Morgan fingerprint density at radius 2 is 2.00 bits per heavy atom. The lowest BCUT2D eigenvalue weighted by atomic mass is 10.2. The summed E-state index contributed by atoms with van der Waals surface area (Å²) in [6.45, 7) is 1.09. The van der Waals surface area contributed by atoms with Crippen molar-refractivity contribution in [3.63, 3.8) is 0 Å². The van der Waals surface area contributed by atoms with Crippen molar-refractivity contribution in [1.29, 1.82) is 0 Å². The van der Waals surface area contributed by atoms with Crippen LogP contribution in [0.25, 0.3) is 0 Å². The average Bonchev–Trinajstić information content (AvgIpc) is 2.74. The van der Waals surface area contributed by atoms with Gasteiger partial charge in [-0.15, -0.1) is 0 Å². The van der Waals surface area contributed by atoms with Crippen molar-refractivity contribution >= 4 is 9.84 Å². The maximum Gasteiger partial charge on any atom is 0.198 e. The molecule has 0 amide bonds. The fraction of sp³-hybridized carbons (Fsp3) is 0.143. The third kappa shape index (κ3) is 1.44. The van der Waals surface area contributed by atoms with Crippen LogP contribution in [0.3, 0.4) is 0 Å². The van der Waals surface area contributed by atoms with Crippen LogP contribution < -0.4 is 5.09 Å². The predicted octanol–water partition coefficient (Wildman–Crippen LogP) is 0.00560. The van der Waals surface area contributed by atoms with Gasteiger partial charge in [0.15, 0.2) is 9.84 Å². The minimum Gasteiger partial charge on any atom is -0.271 e. The Labute approximate surface area is 62.8 Å². The minimum atomic E-state index is 0.0202. The highest BCUT2D eigenvalue weighted by atomic mass is 28.2. The molecular formula is C7H10N2Si. The molecule has 1 atom stereocenters. The molecule has 1 aromatic rings. The van der Waals surface area contributed by atoms with Crippen LogP contribution >= 0.6 is 0 Å². The quantitative estimate of drug-likeness (QED) is 0.474. The smallest absolute Gasteiger partial charge is 0.198 e. The fourth-order valence-electron chi connectivity index (χ4n) is 0.966. The van der Waals surface area contributed by atoms with Gasteiger partial charge in [0.1, 0.15) is 0 Å². The molecule has 2 rings (SSSR count). The molecule has 1 aliphatic heterocycles. The zero-order chi connectivity index (χ0) is 6.81. The van der Waals surface area contributed by atoms with Crippen LogP contribution in [-0.2, 0) is 6.54 Å². The Morgan fingerprint density at radius 1 is 1.30 bits per heavy atom. The van der Waals surface area contributed by atoms with Crippen molar-refractivity contribution in [3.8, 4) is 0 Å². The third-order valence-electron chi connectivity index (χ3n) is 1.60. The third-order valence-corrected chi connectivity index (χ3v) is 2.59. The van der Waals surface area contributed by atoms with Gasteiger partial charge in [-0.2, -0.15) is 0 Å². The molecule has 1 N–H and O–H groups in total. The monoisotopic (exact) mass is 150 g/mol. The topological polar surface area (TPSA) is 25.0 Å². The highest BCUT2D eigenvalue weighted by Crippen LogP contribution is 2.04. The molecule has 1 aromatic carbocycles. The Balaban J connectivity index is 2.03. The van der Waals surface area contributed by atoms with Gasteiger partial charge in [0.05, 0.1) is 0 Å².